The number of ether oxygens (including phenoxy) is 1. The van der Waals surface area contributed by atoms with Crippen LogP contribution in [0.3, 0.4) is 0 Å². The lowest BCUT2D eigenvalue weighted by atomic mass is 9.77. The van der Waals surface area contributed by atoms with Crippen molar-refractivity contribution in [2.24, 2.45) is 5.92 Å². The summed E-state index contributed by atoms with van der Waals surface area (Å²) < 4.78 is 34.8. The van der Waals surface area contributed by atoms with Crippen LogP contribution in [0.25, 0.3) is 0 Å². The number of halogens is 2. The van der Waals surface area contributed by atoms with Crippen LogP contribution in [0.1, 0.15) is 63.5 Å². The number of carbonyl (C=O) groups excluding carboxylic acids is 1. The zero-order chi connectivity index (χ0) is 20.5. The molecule has 1 fully saturated rings. The molecule has 1 aliphatic carbocycles. The number of nitrogens with zero attached hydrogens (tertiary/aromatic N) is 1. The topological polar surface area (TPSA) is 70.3 Å². The summed E-state index contributed by atoms with van der Waals surface area (Å²) in [6.45, 7) is 2.94. The largest absolute Gasteiger partial charge is 0.512 e. The Labute approximate surface area is 163 Å². The van der Waals surface area contributed by atoms with Gasteiger partial charge in [-0.2, -0.15) is 5.26 Å². The van der Waals surface area contributed by atoms with E-state index >= 15 is 0 Å². The number of hydrogen-bond donors (Lipinski definition) is 1. The summed E-state index contributed by atoms with van der Waals surface area (Å²) in [5, 5.41) is 19.2. The van der Waals surface area contributed by atoms with Crippen molar-refractivity contribution in [1.82, 2.24) is 0 Å². The minimum absolute atomic E-state index is 0.00775. The average molecular weight is 389 g/mol. The Kier molecular flexibility index (Phi) is 5.47. The lowest BCUT2D eigenvalue weighted by Gasteiger charge is -2.40. The van der Waals surface area contributed by atoms with Gasteiger partial charge in [0.2, 0.25) is 0 Å². The predicted octanol–water partition coefficient (Wildman–Crippen LogP) is 5.02. The maximum atomic E-state index is 14.6. The molecule has 1 N–H and O–H groups in total. The first-order valence-corrected chi connectivity index (χ1v) is 9.69. The van der Waals surface area contributed by atoms with Crippen LogP contribution < -0.4 is 0 Å². The van der Waals surface area contributed by atoms with Crippen LogP contribution in [0.4, 0.5) is 8.78 Å². The van der Waals surface area contributed by atoms with Gasteiger partial charge in [-0.1, -0.05) is 12.8 Å². The third kappa shape index (κ3) is 3.89. The number of hydrogen-bond acceptors (Lipinski definition) is 4. The van der Waals surface area contributed by atoms with E-state index in [1.807, 2.05) is 6.07 Å². The van der Waals surface area contributed by atoms with E-state index in [0.717, 1.165) is 31.8 Å². The van der Waals surface area contributed by atoms with E-state index in [-0.39, 0.29) is 23.7 Å². The normalized spacial score (nSPS) is 23.2. The molecule has 0 spiro atoms. The molecule has 0 bridgehead atoms. The van der Waals surface area contributed by atoms with E-state index in [1.54, 1.807) is 0 Å². The fourth-order valence-corrected chi connectivity index (χ4v) is 4.56. The number of aliphatic hydroxyl groups excluding tert-OH is 1. The molecule has 0 amide bonds. The number of carbonyl (C=O) groups is 1. The Balaban J connectivity index is 1.86. The molecule has 1 heterocycles. The highest BCUT2D eigenvalue weighted by Crippen LogP contribution is 2.44. The van der Waals surface area contributed by atoms with Crippen molar-refractivity contribution in [2.75, 3.05) is 0 Å². The van der Waals surface area contributed by atoms with Crippen molar-refractivity contribution in [3.63, 3.8) is 0 Å². The Hall–Kier alpha value is -2.42. The highest BCUT2D eigenvalue weighted by atomic mass is 19.1. The molecule has 1 aliphatic heterocycles. The minimum atomic E-state index is -1.27. The average Bonchev–Trinajstić information content (AvgIpc) is 3.14. The maximum Gasteiger partial charge on any atom is 0.334 e. The molecule has 1 unspecified atom stereocenters. The number of aryl methyl sites for hydroxylation is 1. The van der Waals surface area contributed by atoms with Crippen molar-refractivity contribution in [2.45, 2.75) is 69.8 Å². The van der Waals surface area contributed by atoms with Gasteiger partial charge in [0.05, 0.1) is 17.6 Å². The van der Waals surface area contributed by atoms with E-state index in [1.165, 1.54) is 26.0 Å². The van der Waals surface area contributed by atoms with Crippen molar-refractivity contribution >= 4 is 5.97 Å². The van der Waals surface area contributed by atoms with Crippen molar-refractivity contribution in [1.29, 1.82) is 5.26 Å². The summed E-state index contributed by atoms with van der Waals surface area (Å²) in [5.41, 5.74) is -1.92. The molecule has 1 aromatic rings. The quantitative estimate of drug-likeness (QED) is 0.718. The molecule has 1 atom stereocenters. The van der Waals surface area contributed by atoms with Crippen LogP contribution >= 0.6 is 0 Å². The third-order valence-corrected chi connectivity index (χ3v) is 6.01. The van der Waals surface area contributed by atoms with Crippen LogP contribution in [-0.2, 0) is 21.4 Å². The monoisotopic (exact) mass is 389 g/mol. The zero-order valence-electron chi connectivity index (χ0n) is 16.2. The molecule has 4 nitrogen and oxygen atoms in total. The molecule has 0 aromatic heterocycles. The van der Waals surface area contributed by atoms with Gasteiger partial charge in [-0.3, -0.25) is 0 Å². The van der Waals surface area contributed by atoms with Crippen LogP contribution in [-0.4, -0.2) is 16.7 Å². The molecule has 2 aliphatic rings. The third-order valence-electron chi connectivity index (χ3n) is 6.01. The SMILES string of the molecule is CC(C)(C#N)c1c(F)cc(CCC2(C3CCCC3)CC(O)=CC(=O)O2)cc1F. The number of nitriles is 1. The Morgan fingerprint density at radius 2 is 1.89 bits per heavy atom. The summed E-state index contributed by atoms with van der Waals surface area (Å²) >= 11 is 0. The smallest absolute Gasteiger partial charge is 0.334 e. The fourth-order valence-electron chi connectivity index (χ4n) is 4.56. The van der Waals surface area contributed by atoms with E-state index in [2.05, 4.69) is 0 Å². The van der Waals surface area contributed by atoms with Crippen LogP contribution in [0.15, 0.2) is 24.0 Å². The van der Waals surface area contributed by atoms with Gasteiger partial charge in [0.15, 0.2) is 0 Å². The number of esters is 1. The van der Waals surface area contributed by atoms with Crippen molar-refractivity contribution < 1.29 is 23.4 Å². The first kappa shape index (κ1) is 20.3. The van der Waals surface area contributed by atoms with E-state index in [4.69, 9.17) is 4.74 Å². The lowest BCUT2D eigenvalue weighted by molar-refractivity contribution is -0.165. The second-order valence-electron chi connectivity index (χ2n) is 8.45. The molecule has 0 radical (unpaired) electrons. The highest BCUT2D eigenvalue weighted by molar-refractivity contribution is 5.83. The molecular weight excluding hydrogens is 364 g/mol. The van der Waals surface area contributed by atoms with Gasteiger partial charge in [0.25, 0.3) is 0 Å². The van der Waals surface area contributed by atoms with E-state index in [0.29, 0.717) is 18.4 Å². The van der Waals surface area contributed by atoms with Crippen LogP contribution in [0.2, 0.25) is 0 Å². The molecule has 1 aromatic carbocycles. The lowest BCUT2D eigenvalue weighted by Crippen LogP contribution is -2.44. The first-order valence-electron chi connectivity index (χ1n) is 9.69. The molecule has 6 heteroatoms. The number of cyclic esters (lactones) is 1. The predicted molar refractivity (Wildman–Crippen MR) is 99.4 cm³/mol. The Morgan fingerprint density at radius 1 is 1.29 bits per heavy atom. The summed E-state index contributed by atoms with van der Waals surface area (Å²) in [5.74, 6) is -1.95. The van der Waals surface area contributed by atoms with Crippen LogP contribution in [0.5, 0.6) is 0 Å². The highest BCUT2D eigenvalue weighted by Gasteiger charge is 2.46. The summed E-state index contributed by atoms with van der Waals surface area (Å²) in [7, 11) is 0. The standard InChI is InChI=1S/C22H25F2NO3/c1-21(2,13-25)20-17(23)9-14(10-18(20)24)7-8-22(15-5-3-4-6-15)12-16(26)11-19(27)28-22/h9-11,15,26H,3-8,12H2,1-2H3. The van der Waals surface area contributed by atoms with Gasteiger partial charge in [0.1, 0.15) is 23.0 Å². The molecule has 28 heavy (non-hydrogen) atoms. The second kappa shape index (κ2) is 7.54. The van der Waals surface area contributed by atoms with Crippen molar-refractivity contribution in [3.05, 3.63) is 46.7 Å². The van der Waals surface area contributed by atoms with Gasteiger partial charge in [-0.15, -0.1) is 0 Å². The minimum Gasteiger partial charge on any atom is -0.512 e. The summed E-state index contributed by atoms with van der Waals surface area (Å²) in [6.07, 6.45) is 5.88. The zero-order valence-corrected chi connectivity index (χ0v) is 16.2. The second-order valence-corrected chi connectivity index (χ2v) is 8.45. The van der Waals surface area contributed by atoms with Gasteiger partial charge >= 0.3 is 5.97 Å². The van der Waals surface area contributed by atoms with Gasteiger partial charge < -0.3 is 9.84 Å². The Bertz CT molecular complexity index is 827. The molecule has 1 saturated carbocycles. The van der Waals surface area contributed by atoms with Gasteiger partial charge in [-0.25, -0.2) is 13.6 Å². The molecule has 3 rings (SSSR count). The van der Waals surface area contributed by atoms with E-state index in [9.17, 15) is 23.9 Å². The van der Waals surface area contributed by atoms with Gasteiger partial charge in [0, 0.05) is 12.0 Å². The number of aliphatic hydroxyl groups is 1. The number of benzene rings is 1. The maximum absolute atomic E-state index is 14.6. The van der Waals surface area contributed by atoms with Crippen molar-refractivity contribution in [3.8, 4) is 6.07 Å². The Morgan fingerprint density at radius 3 is 2.43 bits per heavy atom. The van der Waals surface area contributed by atoms with Crippen LogP contribution in [0, 0.1) is 28.9 Å². The molecule has 150 valence electrons. The molecule has 0 saturated heterocycles. The van der Waals surface area contributed by atoms with E-state index < -0.39 is 28.6 Å². The number of rotatable bonds is 5. The molecular formula is C22H25F2NO3. The first-order chi connectivity index (χ1) is 13.2. The summed E-state index contributed by atoms with van der Waals surface area (Å²) in [6, 6.07) is 4.42. The summed E-state index contributed by atoms with van der Waals surface area (Å²) in [4.78, 5) is 11.9. The fraction of sp³-hybridized carbons (Fsp3) is 0.545. The van der Waals surface area contributed by atoms with Gasteiger partial charge in [-0.05, 0) is 63.1 Å².